The molecule has 2 rings (SSSR count). The molecule has 0 spiro atoms. The highest BCUT2D eigenvalue weighted by Crippen LogP contribution is 2.33. The minimum absolute atomic E-state index is 0.152. The van der Waals surface area contributed by atoms with Crippen molar-refractivity contribution in [2.75, 3.05) is 19.6 Å². The first-order valence-corrected chi connectivity index (χ1v) is 5.70. The van der Waals surface area contributed by atoms with Crippen LogP contribution in [0.2, 0.25) is 0 Å². The van der Waals surface area contributed by atoms with E-state index in [1.807, 2.05) is 20.8 Å². The maximum atomic E-state index is 14.2. The number of nitrogens with zero attached hydrogens (tertiary/aromatic N) is 1. The Kier molecular flexibility index (Phi) is 2.61. The average molecular weight is 230 g/mol. The van der Waals surface area contributed by atoms with E-state index in [0.29, 0.717) is 19.5 Å². The van der Waals surface area contributed by atoms with E-state index in [9.17, 15) is 9.18 Å². The first-order chi connectivity index (χ1) is 7.30. The predicted molar refractivity (Wildman–Crippen MR) is 58.1 cm³/mol. The Morgan fingerprint density at radius 2 is 2.25 bits per heavy atom. The zero-order chi connectivity index (χ0) is 12.0. The third-order valence-electron chi connectivity index (χ3n) is 3.06. The van der Waals surface area contributed by atoms with Crippen LogP contribution in [0.1, 0.15) is 27.2 Å². The molecule has 16 heavy (non-hydrogen) atoms. The Morgan fingerprint density at radius 3 is 2.81 bits per heavy atom. The average Bonchev–Trinajstić information content (AvgIpc) is 2.55. The lowest BCUT2D eigenvalue weighted by Gasteiger charge is -2.25. The van der Waals surface area contributed by atoms with Gasteiger partial charge in [0.1, 0.15) is 11.3 Å². The summed E-state index contributed by atoms with van der Waals surface area (Å²) in [5.74, 6) is 0. The molecule has 2 fully saturated rings. The van der Waals surface area contributed by atoms with Crippen LogP contribution < -0.4 is 5.32 Å². The summed E-state index contributed by atoms with van der Waals surface area (Å²) in [7, 11) is 0. The Bertz CT molecular complexity index is 303. The number of carbonyl (C=O) groups excluding carboxylic acids is 1. The fourth-order valence-corrected chi connectivity index (χ4v) is 2.30. The van der Waals surface area contributed by atoms with E-state index in [0.717, 1.165) is 0 Å². The van der Waals surface area contributed by atoms with Crippen molar-refractivity contribution in [3.63, 3.8) is 0 Å². The van der Waals surface area contributed by atoms with Crippen LogP contribution in [0.5, 0.6) is 0 Å². The van der Waals surface area contributed by atoms with E-state index in [4.69, 9.17) is 4.74 Å². The van der Waals surface area contributed by atoms with Gasteiger partial charge in [0.25, 0.3) is 0 Å². The standard InChI is InChI=1S/C11H19FN2O2/c1-10(2,3)16-9(15)14-6-8-11(12,7-14)4-5-13-8/h8,13H,4-7H2,1-3H3/t8-,11-/m1/s1. The van der Waals surface area contributed by atoms with Crippen LogP contribution in [0.15, 0.2) is 0 Å². The number of hydrogen-bond donors (Lipinski definition) is 1. The molecule has 0 radical (unpaired) electrons. The summed E-state index contributed by atoms with van der Waals surface area (Å²) in [5, 5.41) is 3.08. The second-order valence-corrected chi connectivity index (χ2v) is 5.65. The Hall–Kier alpha value is -0.840. The predicted octanol–water partition coefficient (Wildman–Crippen LogP) is 1.31. The number of likely N-dealkylation sites (tertiary alicyclic amines) is 1. The van der Waals surface area contributed by atoms with Gasteiger partial charge in [0.2, 0.25) is 0 Å². The number of ether oxygens (including phenoxy) is 1. The Morgan fingerprint density at radius 1 is 1.56 bits per heavy atom. The number of alkyl halides is 1. The molecule has 0 aromatic rings. The van der Waals surface area contributed by atoms with Crippen molar-refractivity contribution >= 4 is 6.09 Å². The van der Waals surface area contributed by atoms with Crippen molar-refractivity contribution < 1.29 is 13.9 Å². The molecule has 2 heterocycles. The number of rotatable bonds is 0. The topological polar surface area (TPSA) is 41.6 Å². The van der Waals surface area contributed by atoms with Gasteiger partial charge in [-0.3, -0.25) is 0 Å². The molecule has 2 aliphatic heterocycles. The molecule has 0 saturated carbocycles. The van der Waals surface area contributed by atoms with Crippen LogP contribution >= 0.6 is 0 Å². The zero-order valence-corrected chi connectivity index (χ0v) is 10.0. The van der Waals surface area contributed by atoms with Crippen molar-refractivity contribution in [1.82, 2.24) is 10.2 Å². The maximum Gasteiger partial charge on any atom is 0.410 e. The molecule has 2 saturated heterocycles. The van der Waals surface area contributed by atoms with Crippen LogP contribution in [0.4, 0.5) is 9.18 Å². The summed E-state index contributed by atoms with van der Waals surface area (Å²) in [6.07, 6.45) is 0.0671. The van der Waals surface area contributed by atoms with Gasteiger partial charge in [-0.15, -0.1) is 0 Å². The molecule has 0 aliphatic carbocycles. The van der Waals surface area contributed by atoms with Gasteiger partial charge in [-0.05, 0) is 33.7 Å². The highest BCUT2D eigenvalue weighted by Gasteiger charge is 2.52. The molecule has 4 nitrogen and oxygen atoms in total. The molecule has 1 N–H and O–H groups in total. The smallest absolute Gasteiger partial charge is 0.410 e. The molecule has 0 aromatic carbocycles. The van der Waals surface area contributed by atoms with E-state index in [2.05, 4.69) is 5.32 Å². The van der Waals surface area contributed by atoms with Gasteiger partial charge >= 0.3 is 6.09 Å². The van der Waals surface area contributed by atoms with Crippen LogP contribution in [-0.2, 0) is 4.74 Å². The third kappa shape index (κ3) is 2.14. The zero-order valence-electron chi connectivity index (χ0n) is 10.0. The van der Waals surface area contributed by atoms with Gasteiger partial charge < -0.3 is 15.0 Å². The lowest BCUT2D eigenvalue weighted by molar-refractivity contribution is 0.0256. The lowest BCUT2D eigenvalue weighted by Crippen LogP contribution is -2.37. The summed E-state index contributed by atoms with van der Waals surface area (Å²) < 4.78 is 19.5. The van der Waals surface area contributed by atoms with E-state index in [1.54, 1.807) is 0 Å². The van der Waals surface area contributed by atoms with Gasteiger partial charge in [-0.2, -0.15) is 0 Å². The quantitative estimate of drug-likeness (QED) is 0.682. The SMILES string of the molecule is CC(C)(C)OC(=O)N1C[C@H]2NCC[C@@]2(F)C1. The Balaban J connectivity index is 1.97. The van der Waals surface area contributed by atoms with Gasteiger partial charge in [-0.25, -0.2) is 9.18 Å². The number of fused-ring (bicyclic) bond motifs is 1. The first-order valence-electron chi connectivity index (χ1n) is 5.70. The second-order valence-electron chi connectivity index (χ2n) is 5.65. The van der Waals surface area contributed by atoms with Crippen LogP contribution in [0.25, 0.3) is 0 Å². The lowest BCUT2D eigenvalue weighted by atomic mass is 10.0. The van der Waals surface area contributed by atoms with Crippen LogP contribution in [0.3, 0.4) is 0 Å². The first kappa shape index (κ1) is 11.6. The van der Waals surface area contributed by atoms with E-state index >= 15 is 0 Å². The molecule has 5 heteroatoms. The van der Waals surface area contributed by atoms with Crippen LogP contribution in [0, 0.1) is 0 Å². The Labute approximate surface area is 95.1 Å². The summed E-state index contributed by atoms with van der Waals surface area (Å²) >= 11 is 0. The van der Waals surface area contributed by atoms with Gasteiger partial charge in [0.15, 0.2) is 0 Å². The number of hydrogen-bond acceptors (Lipinski definition) is 3. The fourth-order valence-electron chi connectivity index (χ4n) is 2.30. The number of carbonyl (C=O) groups is 1. The van der Waals surface area contributed by atoms with Crippen molar-refractivity contribution in [3.8, 4) is 0 Å². The molecule has 0 aromatic heterocycles. The molecule has 2 aliphatic rings. The summed E-state index contributed by atoms with van der Waals surface area (Å²) in [4.78, 5) is 13.2. The van der Waals surface area contributed by atoms with Crippen molar-refractivity contribution in [2.45, 2.75) is 44.5 Å². The van der Waals surface area contributed by atoms with Gasteiger partial charge in [-0.1, -0.05) is 0 Å². The number of halogens is 1. The molecule has 0 bridgehead atoms. The minimum Gasteiger partial charge on any atom is -0.444 e. The fraction of sp³-hybridized carbons (Fsp3) is 0.909. The van der Waals surface area contributed by atoms with Crippen molar-refractivity contribution in [2.24, 2.45) is 0 Å². The summed E-state index contributed by atoms with van der Waals surface area (Å²) in [5.41, 5.74) is -1.78. The largest absolute Gasteiger partial charge is 0.444 e. The summed E-state index contributed by atoms with van der Waals surface area (Å²) in [6.45, 7) is 6.69. The highest BCUT2D eigenvalue weighted by atomic mass is 19.1. The third-order valence-corrected chi connectivity index (χ3v) is 3.06. The molecule has 0 unspecified atom stereocenters. The van der Waals surface area contributed by atoms with Gasteiger partial charge in [0, 0.05) is 6.54 Å². The molecular weight excluding hydrogens is 211 g/mol. The highest BCUT2D eigenvalue weighted by molar-refractivity contribution is 5.69. The van der Waals surface area contributed by atoms with Crippen molar-refractivity contribution in [3.05, 3.63) is 0 Å². The molecule has 2 atom stereocenters. The van der Waals surface area contributed by atoms with E-state index < -0.39 is 17.4 Å². The maximum absolute atomic E-state index is 14.2. The molecular formula is C11H19FN2O2. The monoisotopic (exact) mass is 230 g/mol. The van der Waals surface area contributed by atoms with Crippen molar-refractivity contribution in [1.29, 1.82) is 0 Å². The number of nitrogens with one attached hydrogen (secondary N) is 1. The number of amides is 1. The molecule has 1 amide bonds. The van der Waals surface area contributed by atoms with Gasteiger partial charge in [0.05, 0.1) is 12.6 Å². The van der Waals surface area contributed by atoms with Crippen LogP contribution in [-0.4, -0.2) is 47.9 Å². The van der Waals surface area contributed by atoms with E-state index in [-0.39, 0.29) is 12.6 Å². The second kappa shape index (κ2) is 3.58. The summed E-state index contributed by atoms with van der Waals surface area (Å²) in [6, 6.07) is -0.222. The minimum atomic E-state index is -1.25. The van der Waals surface area contributed by atoms with E-state index in [1.165, 1.54) is 4.90 Å². The normalized spacial score (nSPS) is 34.0. The molecule has 92 valence electrons.